The van der Waals surface area contributed by atoms with Crippen molar-refractivity contribution in [3.05, 3.63) is 53.9 Å². The number of hydrogen-bond donors (Lipinski definition) is 2. The van der Waals surface area contributed by atoms with Crippen LogP contribution in [0.3, 0.4) is 0 Å². The molecule has 0 aliphatic rings. The van der Waals surface area contributed by atoms with E-state index in [-0.39, 0.29) is 22.9 Å². The summed E-state index contributed by atoms with van der Waals surface area (Å²) in [6.07, 6.45) is -1.45. The molecule has 3 N–H and O–H groups in total. The highest BCUT2D eigenvalue weighted by Crippen LogP contribution is 2.30. The third-order valence-electron chi connectivity index (χ3n) is 3.41. The van der Waals surface area contributed by atoms with Gasteiger partial charge in [0.1, 0.15) is 11.3 Å². The highest BCUT2D eigenvalue weighted by molar-refractivity contribution is 6.14. The molecule has 134 valence electrons. The Morgan fingerprint density at radius 1 is 1.23 bits per heavy atom. The van der Waals surface area contributed by atoms with Gasteiger partial charge in [0.2, 0.25) is 11.6 Å². The van der Waals surface area contributed by atoms with Crippen molar-refractivity contribution in [2.45, 2.75) is 6.43 Å². The van der Waals surface area contributed by atoms with E-state index in [9.17, 15) is 18.4 Å². The average Bonchev–Trinajstić information content (AvgIpc) is 2.99. The summed E-state index contributed by atoms with van der Waals surface area (Å²) < 4.78 is 34.3. The van der Waals surface area contributed by atoms with Crippen LogP contribution in [0.5, 0.6) is 5.88 Å². The van der Waals surface area contributed by atoms with Crippen LogP contribution in [0.4, 0.5) is 14.5 Å². The molecule has 9 heteroatoms. The molecule has 0 saturated heterocycles. The number of aromatic nitrogens is 1. The van der Waals surface area contributed by atoms with Crippen molar-refractivity contribution in [1.82, 2.24) is 4.98 Å². The molecule has 0 spiro atoms. The number of nitrogens with zero attached hydrogens (tertiary/aromatic N) is 1. The third-order valence-corrected chi connectivity index (χ3v) is 3.41. The predicted octanol–water partition coefficient (Wildman–Crippen LogP) is 2.82. The van der Waals surface area contributed by atoms with Gasteiger partial charge in [0, 0.05) is 17.6 Å². The first-order chi connectivity index (χ1) is 12.5. The molecule has 3 aromatic rings. The quantitative estimate of drug-likeness (QED) is 0.702. The van der Waals surface area contributed by atoms with E-state index in [1.165, 1.54) is 18.3 Å². The minimum atomic E-state index is -2.62. The largest absolute Gasteiger partial charge is 0.472 e. The molecule has 26 heavy (non-hydrogen) atoms. The van der Waals surface area contributed by atoms with Gasteiger partial charge in [0.25, 0.3) is 18.2 Å². The van der Waals surface area contributed by atoms with Crippen LogP contribution in [0.2, 0.25) is 0 Å². The number of alkyl halides is 2. The maximum Gasteiger partial charge on any atom is 0.286 e. The average molecular weight is 361 g/mol. The molecule has 7 nitrogen and oxygen atoms in total. The van der Waals surface area contributed by atoms with E-state index < -0.39 is 24.8 Å². The van der Waals surface area contributed by atoms with Crippen LogP contribution in [0.25, 0.3) is 11.0 Å². The second kappa shape index (κ2) is 7.18. The van der Waals surface area contributed by atoms with Gasteiger partial charge >= 0.3 is 0 Å². The minimum Gasteiger partial charge on any atom is -0.472 e. The van der Waals surface area contributed by atoms with Crippen molar-refractivity contribution in [2.75, 3.05) is 11.9 Å². The van der Waals surface area contributed by atoms with Crippen molar-refractivity contribution >= 4 is 28.5 Å². The van der Waals surface area contributed by atoms with Crippen molar-refractivity contribution in [2.24, 2.45) is 5.73 Å². The van der Waals surface area contributed by atoms with Gasteiger partial charge < -0.3 is 20.2 Å². The van der Waals surface area contributed by atoms with E-state index in [0.29, 0.717) is 11.0 Å². The van der Waals surface area contributed by atoms with Crippen molar-refractivity contribution in [3.8, 4) is 5.88 Å². The SMILES string of the molecule is NC(=O)c1oc2ccccc2c1NC(=O)c1ccc(OCC(F)F)nc1. The molecular formula is C17H13F2N3O4. The number of carbonyl (C=O) groups excluding carboxylic acids is 2. The maximum absolute atomic E-state index is 12.4. The van der Waals surface area contributed by atoms with E-state index >= 15 is 0 Å². The van der Waals surface area contributed by atoms with Crippen LogP contribution in [-0.2, 0) is 0 Å². The van der Waals surface area contributed by atoms with Gasteiger partial charge in [0.15, 0.2) is 6.61 Å². The van der Waals surface area contributed by atoms with Gasteiger partial charge in [-0.3, -0.25) is 9.59 Å². The number of pyridine rings is 1. The standard InChI is InChI=1S/C17H13F2N3O4/c18-12(19)8-25-13-6-5-9(7-21-13)17(24)22-14-10-3-1-2-4-11(10)26-15(14)16(20)23/h1-7,12H,8H2,(H2,20,23)(H,22,24). The highest BCUT2D eigenvalue weighted by atomic mass is 19.3. The Labute approximate surface area is 145 Å². The van der Waals surface area contributed by atoms with Crippen LogP contribution in [-0.4, -0.2) is 29.8 Å². The second-order valence-corrected chi connectivity index (χ2v) is 5.21. The van der Waals surface area contributed by atoms with E-state index in [1.807, 2.05) is 0 Å². The Morgan fingerprint density at radius 3 is 2.65 bits per heavy atom. The molecule has 0 radical (unpaired) electrons. The van der Waals surface area contributed by atoms with Gasteiger partial charge in [-0.2, -0.15) is 0 Å². The molecule has 1 aromatic carbocycles. The summed E-state index contributed by atoms with van der Waals surface area (Å²) >= 11 is 0. The summed E-state index contributed by atoms with van der Waals surface area (Å²) in [6.45, 7) is -0.790. The van der Waals surface area contributed by atoms with Crippen LogP contribution >= 0.6 is 0 Å². The van der Waals surface area contributed by atoms with Crippen molar-refractivity contribution in [3.63, 3.8) is 0 Å². The summed E-state index contributed by atoms with van der Waals surface area (Å²) in [6, 6.07) is 9.38. The summed E-state index contributed by atoms with van der Waals surface area (Å²) in [5.74, 6) is -1.62. The Bertz CT molecular complexity index is 954. The molecule has 0 aliphatic heterocycles. The minimum absolute atomic E-state index is 0.0339. The van der Waals surface area contributed by atoms with E-state index in [1.54, 1.807) is 24.3 Å². The number of hydrogen-bond acceptors (Lipinski definition) is 5. The maximum atomic E-state index is 12.4. The molecule has 0 aliphatic carbocycles. The van der Waals surface area contributed by atoms with E-state index in [2.05, 4.69) is 10.3 Å². The van der Waals surface area contributed by atoms with Crippen molar-refractivity contribution < 1.29 is 27.5 Å². The van der Waals surface area contributed by atoms with Crippen LogP contribution < -0.4 is 15.8 Å². The Morgan fingerprint density at radius 2 is 2.00 bits per heavy atom. The zero-order chi connectivity index (χ0) is 18.7. The third kappa shape index (κ3) is 3.61. The van der Waals surface area contributed by atoms with Crippen LogP contribution in [0.1, 0.15) is 20.9 Å². The van der Waals surface area contributed by atoms with Gasteiger partial charge in [0.05, 0.1) is 5.56 Å². The monoisotopic (exact) mass is 361 g/mol. The molecule has 0 fully saturated rings. The number of nitrogens with two attached hydrogens (primary N) is 1. The number of para-hydroxylation sites is 1. The normalized spacial score (nSPS) is 10.9. The summed E-state index contributed by atoms with van der Waals surface area (Å²) in [5.41, 5.74) is 5.97. The molecule has 0 saturated carbocycles. The molecule has 2 aromatic heterocycles. The number of rotatable bonds is 6. The van der Waals surface area contributed by atoms with E-state index in [4.69, 9.17) is 14.9 Å². The number of amides is 2. The van der Waals surface area contributed by atoms with E-state index in [0.717, 1.165) is 0 Å². The van der Waals surface area contributed by atoms with Crippen LogP contribution in [0.15, 0.2) is 47.0 Å². The lowest BCUT2D eigenvalue weighted by Gasteiger charge is -2.07. The number of carbonyl (C=O) groups is 2. The fourth-order valence-corrected chi connectivity index (χ4v) is 2.28. The summed E-state index contributed by atoms with van der Waals surface area (Å²) in [4.78, 5) is 27.8. The number of primary amides is 1. The predicted molar refractivity (Wildman–Crippen MR) is 88.4 cm³/mol. The topological polar surface area (TPSA) is 107 Å². The lowest BCUT2D eigenvalue weighted by molar-refractivity contribution is 0.0795. The highest BCUT2D eigenvalue weighted by Gasteiger charge is 2.21. The molecule has 0 bridgehead atoms. The van der Waals surface area contributed by atoms with Crippen LogP contribution in [0, 0.1) is 0 Å². The summed E-state index contributed by atoms with van der Waals surface area (Å²) in [7, 11) is 0. The van der Waals surface area contributed by atoms with Gasteiger partial charge in [-0.1, -0.05) is 12.1 Å². The molecule has 3 rings (SSSR count). The van der Waals surface area contributed by atoms with Gasteiger partial charge in [-0.25, -0.2) is 13.8 Å². The first-order valence-corrected chi connectivity index (χ1v) is 7.45. The zero-order valence-electron chi connectivity index (χ0n) is 13.2. The molecule has 0 atom stereocenters. The van der Waals surface area contributed by atoms with Gasteiger partial charge in [-0.15, -0.1) is 0 Å². The smallest absolute Gasteiger partial charge is 0.286 e. The number of benzene rings is 1. The number of ether oxygens (including phenoxy) is 1. The molecule has 2 heterocycles. The first kappa shape index (κ1) is 17.3. The number of furan rings is 1. The molecule has 2 amide bonds. The molecular weight excluding hydrogens is 348 g/mol. The first-order valence-electron chi connectivity index (χ1n) is 7.45. The molecule has 0 unspecified atom stereocenters. The lowest BCUT2D eigenvalue weighted by Crippen LogP contribution is -2.17. The fourth-order valence-electron chi connectivity index (χ4n) is 2.28. The lowest BCUT2D eigenvalue weighted by atomic mass is 10.2. The number of fused-ring (bicyclic) bond motifs is 1. The van der Waals surface area contributed by atoms with Gasteiger partial charge in [-0.05, 0) is 18.2 Å². The Balaban J connectivity index is 1.83. The number of nitrogens with one attached hydrogen (secondary N) is 1. The summed E-state index contributed by atoms with van der Waals surface area (Å²) in [5, 5.41) is 3.08. The van der Waals surface area contributed by atoms with Crippen molar-refractivity contribution in [1.29, 1.82) is 0 Å². The zero-order valence-corrected chi connectivity index (χ0v) is 13.2. The number of halogens is 2. The Hall–Kier alpha value is -3.49. The fraction of sp³-hybridized carbons (Fsp3) is 0.118. The Kier molecular flexibility index (Phi) is 4.78. The second-order valence-electron chi connectivity index (χ2n) is 5.21. The number of anilines is 1.